The van der Waals surface area contributed by atoms with Crippen LogP contribution in [0.4, 0.5) is 4.79 Å². The fraction of sp³-hybridized carbons (Fsp3) is 0.625. The van der Waals surface area contributed by atoms with E-state index in [9.17, 15) is 14.7 Å². The van der Waals surface area contributed by atoms with E-state index in [1.165, 1.54) is 0 Å². The number of nitrogens with one attached hydrogen (secondary N) is 1. The molecule has 0 fully saturated rings. The molecular formula is C24H36N4O4. The zero-order chi connectivity index (χ0) is 23.7. The molecule has 8 heteroatoms. The number of aliphatic hydroxyl groups excluding tert-OH is 1. The fourth-order valence-corrected chi connectivity index (χ4v) is 3.40. The number of urea groups is 1. The molecule has 1 aliphatic rings. The molecule has 0 saturated heterocycles. The van der Waals surface area contributed by atoms with Crippen LogP contribution in [0.3, 0.4) is 0 Å². The number of nitrogens with zero attached hydrogens (tertiary/aromatic N) is 3. The summed E-state index contributed by atoms with van der Waals surface area (Å²) >= 11 is 0. The maximum absolute atomic E-state index is 13.3. The lowest BCUT2D eigenvalue weighted by Crippen LogP contribution is -2.51. The predicted molar refractivity (Wildman–Crippen MR) is 124 cm³/mol. The van der Waals surface area contributed by atoms with E-state index in [0.717, 1.165) is 19.3 Å². The lowest BCUT2D eigenvalue weighted by molar-refractivity contribution is 0.0352. The van der Waals surface area contributed by atoms with Crippen molar-refractivity contribution in [1.29, 1.82) is 0 Å². The van der Waals surface area contributed by atoms with E-state index in [1.54, 1.807) is 29.1 Å². The molecule has 2 rings (SSSR count). The van der Waals surface area contributed by atoms with Crippen LogP contribution in [-0.2, 0) is 0 Å². The molecular weight excluding hydrogens is 408 g/mol. The highest BCUT2D eigenvalue weighted by Crippen LogP contribution is 2.27. The van der Waals surface area contributed by atoms with Crippen molar-refractivity contribution in [3.63, 3.8) is 0 Å². The number of rotatable bonds is 7. The number of carbonyl (C=O) groups excluding carboxylic acids is 2. The first-order chi connectivity index (χ1) is 15.3. The number of pyridine rings is 1. The van der Waals surface area contributed by atoms with Gasteiger partial charge in [0, 0.05) is 44.2 Å². The fourth-order valence-electron chi connectivity index (χ4n) is 3.40. The van der Waals surface area contributed by atoms with Gasteiger partial charge in [0.25, 0.3) is 5.91 Å². The van der Waals surface area contributed by atoms with E-state index in [4.69, 9.17) is 4.74 Å². The van der Waals surface area contributed by atoms with Crippen LogP contribution in [0.5, 0.6) is 5.88 Å². The molecule has 8 nitrogen and oxygen atoms in total. The van der Waals surface area contributed by atoms with Crippen LogP contribution in [0, 0.1) is 17.8 Å². The average molecular weight is 445 g/mol. The first-order valence-electron chi connectivity index (χ1n) is 11.4. The number of likely N-dealkylation sites (N-methyl/N-ethyl adjacent to an activating group) is 1. The summed E-state index contributed by atoms with van der Waals surface area (Å²) in [6.07, 6.45) is 3.80. The summed E-state index contributed by atoms with van der Waals surface area (Å²) in [4.78, 5) is 33.3. The number of hydrogen-bond donors (Lipinski definition) is 2. The first-order valence-corrected chi connectivity index (χ1v) is 11.4. The standard InChI is InChI=1S/C24H36N4O4/c1-6-8-9-10-19-12-20-22(26-13-19)32-21(15-27(5)24(31)25-11-7-2)17(3)14-28(23(20)30)18(4)16-29/h12-13,17-18,21,29H,6-8,11,14-16H2,1-5H3,(H,25,31)/t17-,18-,21+/m1/s1. The highest BCUT2D eigenvalue weighted by Gasteiger charge is 2.34. The van der Waals surface area contributed by atoms with E-state index >= 15 is 0 Å². The van der Waals surface area contributed by atoms with Gasteiger partial charge in [0.1, 0.15) is 11.7 Å². The SMILES string of the molecule is CCCC#Cc1cnc2c(c1)C(=O)N([C@H](C)CO)C[C@@H](C)[C@H](CN(C)C(=O)NCCC)O2. The molecule has 1 aliphatic heterocycles. The minimum absolute atomic E-state index is 0.0895. The Morgan fingerprint density at radius 3 is 2.84 bits per heavy atom. The third-order valence-electron chi connectivity index (χ3n) is 5.46. The highest BCUT2D eigenvalue weighted by atomic mass is 16.5. The normalized spacial score (nSPS) is 18.9. The Morgan fingerprint density at radius 2 is 2.19 bits per heavy atom. The predicted octanol–water partition coefficient (Wildman–Crippen LogP) is 2.50. The summed E-state index contributed by atoms with van der Waals surface area (Å²) in [6.45, 7) is 9.02. The van der Waals surface area contributed by atoms with Crippen LogP contribution < -0.4 is 10.1 Å². The minimum Gasteiger partial charge on any atom is -0.472 e. The van der Waals surface area contributed by atoms with Crippen LogP contribution >= 0.6 is 0 Å². The van der Waals surface area contributed by atoms with Gasteiger partial charge in [0.15, 0.2) is 0 Å². The molecule has 0 bridgehead atoms. The van der Waals surface area contributed by atoms with Gasteiger partial charge in [-0.05, 0) is 25.8 Å². The molecule has 0 saturated carbocycles. The van der Waals surface area contributed by atoms with E-state index < -0.39 is 0 Å². The number of carbonyl (C=O) groups is 2. The smallest absolute Gasteiger partial charge is 0.317 e. The summed E-state index contributed by atoms with van der Waals surface area (Å²) in [7, 11) is 1.72. The average Bonchev–Trinajstić information content (AvgIpc) is 2.79. The van der Waals surface area contributed by atoms with Crippen molar-refractivity contribution >= 4 is 11.9 Å². The first kappa shape index (κ1) is 25.5. The van der Waals surface area contributed by atoms with E-state index in [0.29, 0.717) is 30.8 Å². The molecule has 3 atom stereocenters. The summed E-state index contributed by atoms with van der Waals surface area (Å²) < 4.78 is 6.20. The Kier molecular flexibility index (Phi) is 9.79. The molecule has 32 heavy (non-hydrogen) atoms. The molecule has 0 radical (unpaired) electrons. The molecule has 1 aromatic rings. The van der Waals surface area contributed by atoms with Gasteiger partial charge < -0.3 is 25.0 Å². The van der Waals surface area contributed by atoms with Gasteiger partial charge in [-0.1, -0.05) is 32.6 Å². The number of ether oxygens (including phenoxy) is 1. The van der Waals surface area contributed by atoms with Crippen LogP contribution in [0.25, 0.3) is 0 Å². The largest absolute Gasteiger partial charge is 0.472 e. The molecule has 2 heterocycles. The van der Waals surface area contributed by atoms with Gasteiger partial charge in [0.2, 0.25) is 5.88 Å². The second-order valence-corrected chi connectivity index (χ2v) is 8.36. The molecule has 0 aliphatic carbocycles. The third kappa shape index (κ3) is 6.60. The Labute approximate surface area is 191 Å². The minimum atomic E-state index is -0.378. The molecule has 3 amide bonds. The Balaban J connectivity index is 2.38. The molecule has 0 spiro atoms. The number of fused-ring (bicyclic) bond motifs is 1. The van der Waals surface area contributed by atoms with Crippen molar-refractivity contribution in [2.45, 2.75) is 59.1 Å². The van der Waals surface area contributed by atoms with Crippen LogP contribution in [0.15, 0.2) is 12.3 Å². The molecule has 2 N–H and O–H groups in total. The van der Waals surface area contributed by atoms with Crippen LogP contribution in [0.1, 0.15) is 62.9 Å². The van der Waals surface area contributed by atoms with Crippen molar-refractivity contribution in [3.8, 4) is 17.7 Å². The maximum Gasteiger partial charge on any atom is 0.317 e. The lowest BCUT2D eigenvalue weighted by atomic mass is 10.00. The van der Waals surface area contributed by atoms with E-state index in [1.807, 2.05) is 20.8 Å². The van der Waals surface area contributed by atoms with Crippen LogP contribution in [0.2, 0.25) is 0 Å². The summed E-state index contributed by atoms with van der Waals surface area (Å²) in [5, 5.41) is 12.6. The van der Waals surface area contributed by atoms with Crippen LogP contribution in [-0.4, -0.2) is 77.3 Å². The third-order valence-corrected chi connectivity index (χ3v) is 5.46. The lowest BCUT2D eigenvalue weighted by Gasteiger charge is -2.37. The quantitative estimate of drug-likeness (QED) is 0.630. The van der Waals surface area contributed by atoms with Crippen molar-refractivity contribution in [2.24, 2.45) is 5.92 Å². The summed E-state index contributed by atoms with van der Waals surface area (Å²) in [5.74, 6) is 6.01. The Hall–Kier alpha value is -2.79. The van der Waals surface area contributed by atoms with Gasteiger partial charge in [-0.3, -0.25) is 4.79 Å². The maximum atomic E-state index is 13.3. The van der Waals surface area contributed by atoms with Crippen molar-refractivity contribution < 1.29 is 19.4 Å². The number of aromatic nitrogens is 1. The molecule has 176 valence electrons. The van der Waals surface area contributed by atoms with Crippen molar-refractivity contribution in [1.82, 2.24) is 20.1 Å². The zero-order valence-electron chi connectivity index (χ0n) is 19.9. The number of unbranched alkanes of at least 4 members (excludes halogenated alkanes) is 1. The van der Waals surface area contributed by atoms with Crippen molar-refractivity contribution in [3.05, 3.63) is 23.4 Å². The Morgan fingerprint density at radius 1 is 1.44 bits per heavy atom. The van der Waals surface area contributed by atoms with E-state index in [-0.39, 0.29) is 42.5 Å². The highest BCUT2D eigenvalue weighted by molar-refractivity contribution is 5.97. The topological polar surface area (TPSA) is 95.0 Å². The van der Waals surface area contributed by atoms with Gasteiger partial charge in [-0.2, -0.15) is 0 Å². The summed E-state index contributed by atoms with van der Waals surface area (Å²) in [5.41, 5.74) is 0.968. The van der Waals surface area contributed by atoms with E-state index in [2.05, 4.69) is 29.1 Å². The van der Waals surface area contributed by atoms with Gasteiger partial charge in [0.05, 0.1) is 19.2 Å². The molecule has 0 unspecified atom stereocenters. The number of amides is 3. The van der Waals surface area contributed by atoms with Gasteiger partial charge >= 0.3 is 6.03 Å². The number of hydrogen-bond acceptors (Lipinski definition) is 5. The zero-order valence-corrected chi connectivity index (χ0v) is 19.9. The second-order valence-electron chi connectivity index (χ2n) is 8.36. The van der Waals surface area contributed by atoms with Crippen molar-refractivity contribution in [2.75, 3.05) is 33.3 Å². The Bertz CT molecular complexity index is 848. The van der Waals surface area contributed by atoms with Gasteiger partial charge in [-0.15, -0.1) is 0 Å². The second kappa shape index (κ2) is 12.3. The molecule has 0 aromatic carbocycles. The van der Waals surface area contributed by atoms with Gasteiger partial charge in [-0.25, -0.2) is 9.78 Å². The number of aliphatic hydroxyl groups is 1. The monoisotopic (exact) mass is 444 g/mol. The molecule has 1 aromatic heterocycles. The summed E-state index contributed by atoms with van der Waals surface area (Å²) in [6, 6.07) is 1.17.